The van der Waals surface area contributed by atoms with Crippen LogP contribution in [-0.2, 0) is 9.59 Å². The molecule has 8 nitrogen and oxygen atoms in total. The van der Waals surface area contributed by atoms with Crippen LogP contribution in [0, 0.1) is 6.92 Å². The third-order valence-electron chi connectivity index (χ3n) is 2.83. The highest BCUT2D eigenvalue weighted by Crippen LogP contribution is 2.18. The van der Waals surface area contributed by atoms with Crippen LogP contribution in [-0.4, -0.2) is 41.8 Å². The lowest BCUT2D eigenvalue weighted by Crippen LogP contribution is -2.16. The van der Waals surface area contributed by atoms with E-state index in [0.29, 0.717) is 15.1 Å². The number of nitrogens with zero attached hydrogens (tertiary/aromatic N) is 5. The predicted octanol–water partition coefficient (Wildman–Crippen LogP) is 1.18. The normalized spacial score (nSPS) is 14.1. The molecule has 1 aromatic carbocycles. The maximum absolute atomic E-state index is 10.4. The molecule has 0 atom stereocenters. The van der Waals surface area contributed by atoms with Gasteiger partial charge in [-0.05, 0) is 22.9 Å². The molecule has 9 heteroatoms. The van der Waals surface area contributed by atoms with Crippen molar-refractivity contribution in [2.75, 3.05) is 0 Å². The first kappa shape index (κ1) is 14.9. The van der Waals surface area contributed by atoms with Gasteiger partial charge in [0.2, 0.25) is 17.6 Å². The number of aromatic nitrogens is 4. The molecule has 1 aliphatic rings. The third-order valence-corrected chi connectivity index (χ3v) is 3.21. The number of rotatable bonds is 1. The summed E-state index contributed by atoms with van der Waals surface area (Å²) in [7, 11) is 0. The number of halogens is 1. The van der Waals surface area contributed by atoms with Gasteiger partial charge in [-0.2, -0.15) is 4.42 Å². The van der Waals surface area contributed by atoms with E-state index in [-0.39, 0.29) is 24.7 Å². The quantitative estimate of drug-likeness (QED) is 0.482. The summed E-state index contributed by atoms with van der Waals surface area (Å²) in [5.41, 5.74) is 1.85. The van der Waals surface area contributed by atoms with E-state index >= 15 is 0 Å². The first-order valence-corrected chi connectivity index (χ1v) is 6.39. The van der Waals surface area contributed by atoms with Crippen LogP contribution in [0.2, 0.25) is 0 Å². The monoisotopic (exact) mass is 309 g/mol. The highest BCUT2D eigenvalue weighted by Gasteiger charge is 2.26. The molecule has 2 aromatic rings. The van der Waals surface area contributed by atoms with Gasteiger partial charge in [0.25, 0.3) is 0 Å². The zero-order chi connectivity index (χ0) is 15.4. The van der Waals surface area contributed by atoms with Crippen LogP contribution < -0.4 is 0 Å². The van der Waals surface area contributed by atoms with Crippen LogP contribution in [0.5, 0.6) is 0 Å². The Balaban J connectivity index is 0.000000173. The predicted molar refractivity (Wildman–Crippen MR) is 72.1 cm³/mol. The van der Waals surface area contributed by atoms with E-state index in [0.717, 1.165) is 11.1 Å². The molecule has 0 unspecified atom stereocenters. The number of hydrogen-bond donors (Lipinski definition) is 1. The molecule has 0 spiro atoms. The molecule has 3 rings (SSSR count). The number of amides is 2. The Bertz CT molecular complexity index is 656. The van der Waals surface area contributed by atoms with E-state index < -0.39 is 0 Å². The molecule has 0 bridgehead atoms. The van der Waals surface area contributed by atoms with E-state index in [1.54, 1.807) is 0 Å². The SMILES string of the molecule is Cc1ccccc1-c1nnnn1O.O=C1CCC(=O)N1Cl. The van der Waals surface area contributed by atoms with Gasteiger partial charge in [-0.1, -0.05) is 29.1 Å². The molecule has 1 N–H and O–H groups in total. The Kier molecular flexibility index (Phi) is 4.49. The number of benzene rings is 1. The highest BCUT2D eigenvalue weighted by atomic mass is 35.5. The zero-order valence-corrected chi connectivity index (χ0v) is 11.9. The van der Waals surface area contributed by atoms with Gasteiger partial charge in [0.05, 0.1) is 0 Å². The average molecular weight is 310 g/mol. The second-order valence-electron chi connectivity index (χ2n) is 4.28. The minimum absolute atomic E-state index is 0.266. The molecular formula is C12H12ClN5O3. The van der Waals surface area contributed by atoms with Gasteiger partial charge in [0.1, 0.15) is 0 Å². The lowest BCUT2D eigenvalue weighted by atomic mass is 10.1. The second kappa shape index (κ2) is 6.31. The number of carbonyl (C=O) groups excluding carboxylic acids is 2. The van der Waals surface area contributed by atoms with Crippen LogP contribution in [0.3, 0.4) is 0 Å². The lowest BCUT2D eigenvalue weighted by molar-refractivity contribution is -0.132. The Morgan fingerprint density at radius 2 is 1.81 bits per heavy atom. The summed E-state index contributed by atoms with van der Waals surface area (Å²) in [5.74, 6) is -0.230. The van der Waals surface area contributed by atoms with Crippen LogP contribution in [0.25, 0.3) is 11.4 Å². The molecule has 2 heterocycles. The summed E-state index contributed by atoms with van der Waals surface area (Å²) in [6.45, 7) is 1.93. The van der Waals surface area contributed by atoms with Crippen molar-refractivity contribution in [1.29, 1.82) is 0 Å². The Hall–Kier alpha value is -2.48. The van der Waals surface area contributed by atoms with Crippen molar-refractivity contribution in [3.05, 3.63) is 29.8 Å². The number of imide groups is 1. The average Bonchev–Trinajstić information content (AvgIpc) is 3.02. The van der Waals surface area contributed by atoms with E-state index in [4.69, 9.17) is 11.8 Å². The van der Waals surface area contributed by atoms with E-state index in [9.17, 15) is 14.8 Å². The van der Waals surface area contributed by atoms with Crippen LogP contribution >= 0.6 is 11.8 Å². The van der Waals surface area contributed by atoms with Gasteiger partial charge in [-0.25, -0.2) is 0 Å². The van der Waals surface area contributed by atoms with Gasteiger partial charge in [-0.15, -0.1) is 5.10 Å². The topological polar surface area (TPSA) is 101 Å². The Labute approximate surface area is 125 Å². The summed E-state index contributed by atoms with van der Waals surface area (Å²) < 4.78 is 0.639. The number of tetrazole rings is 1. The third kappa shape index (κ3) is 3.34. The van der Waals surface area contributed by atoms with Gasteiger partial charge < -0.3 is 5.21 Å². The van der Waals surface area contributed by atoms with Gasteiger partial charge >= 0.3 is 0 Å². The molecular weight excluding hydrogens is 298 g/mol. The van der Waals surface area contributed by atoms with Crippen molar-refractivity contribution in [2.45, 2.75) is 19.8 Å². The molecule has 110 valence electrons. The number of hydrogen-bond acceptors (Lipinski definition) is 6. The van der Waals surface area contributed by atoms with Gasteiger partial charge in [0.15, 0.2) is 0 Å². The number of aryl methyl sites for hydroxylation is 1. The Morgan fingerprint density at radius 3 is 2.24 bits per heavy atom. The summed E-state index contributed by atoms with van der Waals surface area (Å²) in [6.07, 6.45) is 0.532. The van der Waals surface area contributed by atoms with Crippen molar-refractivity contribution in [2.24, 2.45) is 0 Å². The molecule has 0 radical (unpaired) electrons. The maximum Gasteiger partial charge on any atom is 0.244 e. The highest BCUT2D eigenvalue weighted by molar-refractivity contribution is 6.32. The fourth-order valence-electron chi connectivity index (χ4n) is 1.72. The minimum atomic E-state index is -0.295. The first-order chi connectivity index (χ1) is 10.0. The molecule has 21 heavy (non-hydrogen) atoms. The maximum atomic E-state index is 10.4. The minimum Gasteiger partial charge on any atom is -0.409 e. The summed E-state index contributed by atoms with van der Waals surface area (Å²) >= 11 is 5.15. The Morgan fingerprint density at radius 1 is 1.19 bits per heavy atom. The standard InChI is InChI=1S/C8H8N4O.C4H4ClNO2/c1-6-4-2-3-5-7(6)8-9-10-11-12(8)13;5-6-3(7)1-2-4(6)8/h2-5,13H,1H3;1-2H2. The van der Waals surface area contributed by atoms with E-state index in [1.165, 1.54) is 0 Å². The lowest BCUT2D eigenvalue weighted by Gasteiger charge is -2.00. The fraction of sp³-hybridized carbons (Fsp3) is 0.250. The number of carbonyl (C=O) groups is 2. The summed E-state index contributed by atoms with van der Waals surface area (Å²) in [4.78, 5) is 21.4. The molecule has 0 saturated carbocycles. The molecule has 2 amide bonds. The van der Waals surface area contributed by atoms with Crippen molar-refractivity contribution in [3.63, 3.8) is 0 Å². The second-order valence-corrected chi connectivity index (χ2v) is 4.61. The van der Waals surface area contributed by atoms with Crippen LogP contribution in [0.1, 0.15) is 18.4 Å². The van der Waals surface area contributed by atoms with E-state index in [1.807, 2.05) is 31.2 Å². The molecule has 0 aliphatic carbocycles. The van der Waals surface area contributed by atoms with Crippen molar-refractivity contribution >= 4 is 23.6 Å². The molecule has 1 aliphatic heterocycles. The van der Waals surface area contributed by atoms with Crippen molar-refractivity contribution in [3.8, 4) is 11.4 Å². The van der Waals surface area contributed by atoms with Crippen molar-refractivity contribution in [1.82, 2.24) is 24.8 Å². The molecule has 1 fully saturated rings. The van der Waals surface area contributed by atoms with Crippen LogP contribution in [0.15, 0.2) is 24.3 Å². The molecule has 1 aromatic heterocycles. The summed E-state index contributed by atoms with van der Waals surface area (Å²) in [5, 5.41) is 19.6. The zero-order valence-electron chi connectivity index (χ0n) is 11.1. The largest absolute Gasteiger partial charge is 0.409 e. The first-order valence-electron chi connectivity index (χ1n) is 6.06. The smallest absolute Gasteiger partial charge is 0.244 e. The fourth-order valence-corrected chi connectivity index (χ4v) is 1.89. The van der Waals surface area contributed by atoms with Gasteiger partial charge in [-0.3, -0.25) is 9.59 Å². The van der Waals surface area contributed by atoms with Crippen molar-refractivity contribution < 1.29 is 14.8 Å². The van der Waals surface area contributed by atoms with E-state index in [2.05, 4.69) is 15.5 Å². The summed E-state index contributed by atoms with van der Waals surface area (Å²) in [6, 6.07) is 7.58. The van der Waals surface area contributed by atoms with Crippen LogP contribution in [0.4, 0.5) is 0 Å². The van der Waals surface area contributed by atoms with Gasteiger partial charge in [0, 0.05) is 30.2 Å². The molecule has 1 saturated heterocycles.